The van der Waals surface area contributed by atoms with Gasteiger partial charge in [0.1, 0.15) is 6.10 Å². The van der Waals surface area contributed by atoms with Crippen LogP contribution >= 0.6 is 0 Å². The van der Waals surface area contributed by atoms with Gasteiger partial charge in [-0.2, -0.15) is 0 Å². The lowest BCUT2D eigenvalue weighted by Gasteiger charge is -2.07. The van der Waals surface area contributed by atoms with E-state index < -0.39 is 30.4 Å². The molecule has 0 aromatic rings. The number of esters is 1. The highest BCUT2D eigenvalue weighted by atomic mass is 16.5. The summed E-state index contributed by atoms with van der Waals surface area (Å²) in [4.78, 5) is 21.3. The van der Waals surface area contributed by atoms with Gasteiger partial charge >= 0.3 is 5.97 Å². The monoisotopic (exact) mass is 176 g/mol. The van der Waals surface area contributed by atoms with Crippen molar-refractivity contribution in [3.8, 4) is 0 Å². The van der Waals surface area contributed by atoms with Crippen molar-refractivity contribution in [3.63, 3.8) is 0 Å². The summed E-state index contributed by atoms with van der Waals surface area (Å²) in [6.07, 6.45) is -3.05. The van der Waals surface area contributed by atoms with Gasteiger partial charge in [0.05, 0.1) is 7.11 Å². The molecule has 2 atom stereocenters. The maximum Gasteiger partial charge on any atom is 0.335 e. The topological polar surface area (TPSA) is 83.8 Å². The Bertz CT molecular complexity index is 175. The van der Waals surface area contributed by atoms with Crippen LogP contribution in [-0.2, 0) is 14.3 Å². The fourth-order valence-corrected chi connectivity index (χ4v) is 0.580. The second kappa shape index (κ2) is 4.84. The Balaban J connectivity index is 3.92. The minimum absolute atomic E-state index is 0.412. The van der Waals surface area contributed by atoms with Gasteiger partial charge in [0.25, 0.3) is 0 Å². The maximum atomic E-state index is 10.8. The highest BCUT2D eigenvalue weighted by Crippen LogP contribution is 1.98. The number of carbonyl (C=O) groups is 2. The van der Waals surface area contributed by atoms with Crippen LogP contribution in [0.3, 0.4) is 0 Å². The van der Waals surface area contributed by atoms with Crippen molar-refractivity contribution in [1.82, 2.24) is 0 Å². The van der Waals surface area contributed by atoms with Gasteiger partial charge in [-0.25, -0.2) is 4.79 Å². The second-order valence-electron chi connectivity index (χ2n) is 2.39. The number of hydrogen-bond donors (Lipinski definition) is 2. The van der Waals surface area contributed by atoms with E-state index in [2.05, 4.69) is 4.74 Å². The zero-order valence-electron chi connectivity index (χ0n) is 6.98. The van der Waals surface area contributed by atoms with Crippen LogP contribution in [-0.4, -0.2) is 41.3 Å². The number of methoxy groups -OCH3 is 1. The first-order valence-electron chi connectivity index (χ1n) is 3.45. The van der Waals surface area contributed by atoms with Crippen molar-refractivity contribution in [3.05, 3.63) is 0 Å². The number of aliphatic hydroxyl groups excluding tert-OH is 2. The van der Waals surface area contributed by atoms with Gasteiger partial charge < -0.3 is 14.9 Å². The first-order chi connectivity index (χ1) is 5.49. The Kier molecular flexibility index (Phi) is 4.46. The standard InChI is InChI=1S/C7H12O5/c1-4(8)5(9)3-6(10)7(11)12-2/h4,6,8,10H,3H2,1-2H3. The molecule has 0 aliphatic rings. The van der Waals surface area contributed by atoms with Crippen molar-refractivity contribution in [2.24, 2.45) is 0 Å². The zero-order valence-corrected chi connectivity index (χ0v) is 6.98. The Morgan fingerprint density at radius 3 is 2.25 bits per heavy atom. The SMILES string of the molecule is COC(=O)C(O)CC(=O)C(C)O. The molecular formula is C7H12O5. The molecular weight excluding hydrogens is 164 g/mol. The molecule has 0 saturated heterocycles. The molecule has 5 heteroatoms. The highest BCUT2D eigenvalue weighted by molar-refractivity contribution is 5.87. The van der Waals surface area contributed by atoms with Crippen molar-refractivity contribution < 1.29 is 24.5 Å². The van der Waals surface area contributed by atoms with E-state index in [9.17, 15) is 9.59 Å². The number of ketones is 1. The Morgan fingerprint density at radius 1 is 1.42 bits per heavy atom. The van der Waals surface area contributed by atoms with Crippen LogP contribution in [0.4, 0.5) is 0 Å². The minimum atomic E-state index is -1.47. The average Bonchev–Trinajstić information content (AvgIpc) is 2.02. The number of hydrogen-bond acceptors (Lipinski definition) is 5. The Labute approximate surface area is 70.0 Å². The van der Waals surface area contributed by atoms with Gasteiger partial charge in [-0.3, -0.25) is 4.79 Å². The molecule has 0 aromatic carbocycles. The molecule has 0 fully saturated rings. The molecule has 5 nitrogen and oxygen atoms in total. The average molecular weight is 176 g/mol. The summed E-state index contributed by atoms with van der Waals surface area (Å²) in [5.41, 5.74) is 0. The van der Waals surface area contributed by atoms with Gasteiger partial charge in [0.2, 0.25) is 0 Å². The molecule has 0 heterocycles. The van der Waals surface area contributed by atoms with Crippen LogP contribution < -0.4 is 0 Å². The highest BCUT2D eigenvalue weighted by Gasteiger charge is 2.21. The summed E-state index contributed by atoms with van der Waals surface area (Å²) in [6, 6.07) is 0. The van der Waals surface area contributed by atoms with Crippen LogP contribution in [0.1, 0.15) is 13.3 Å². The lowest BCUT2D eigenvalue weighted by atomic mass is 10.1. The Hall–Kier alpha value is -0.940. The van der Waals surface area contributed by atoms with E-state index in [0.717, 1.165) is 7.11 Å². The molecule has 0 amide bonds. The molecule has 2 N–H and O–H groups in total. The quantitative estimate of drug-likeness (QED) is 0.529. The van der Waals surface area contributed by atoms with Crippen LogP contribution in [0, 0.1) is 0 Å². The summed E-state index contributed by atoms with van der Waals surface area (Å²) in [7, 11) is 1.11. The third kappa shape index (κ3) is 3.45. The van der Waals surface area contributed by atoms with Gasteiger partial charge in [-0.05, 0) is 6.92 Å². The molecule has 70 valence electrons. The predicted molar refractivity (Wildman–Crippen MR) is 39.3 cm³/mol. The number of aliphatic hydroxyl groups is 2. The fourth-order valence-electron chi connectivity index (χ4n) is 0.580. The lowest BCUT2D eigenvalue weighted by Crippen LogP contribution is -2.29. The van der Waals surface area contributed by atoms with E-state index in [-0.39, 0.29) is 0 Å². The summed E-state index contributed by atoms with van der Waals surface area (Å²) in [5, 5.41) is 17.6. The van der Waals surface area contributed by atoms with Crippen molar-refractivity contribution >= 4 is 11.8 Å². The van der Waals surface area contributed by atoms with Gasteiger partial charge in [0.15, 0.2) is 11.9 Å². The van der Waals surface area contributed by atoms with Crippen LogP contribution in [0.2, 0.25) is 0 Å². The molecule has 0 aliphatic heterocycles. The molecule has 0 rings (SSSR count). The van der Waals surface area contributed by atoms with E-state index in [4.69, 9.17) is 10.2 Å². The number of Topliss-reactive ketones (excluding diaryl/α,β-unsaturated/α-hetero) is 1. The molecule has 0 saturated carbocycles. The van der Waals surface area contributed by atoms with Gasteiger partial charge in [0, 0.05) is 6.42 Å². The largest absolute Gasteiger partial charge is 0.467 e. The maximum absolute atomic E-state index is 10.8. The summed E-state index contributed by atoms with van der Waals surface area (Å²) in [6.45, 7) is 1.27. The third-order valence-electron chi connectivity index (χ3n) is 1.33. The number of ether oxygens (including phenoxy) is 1. The van der Waals surface area contributed by atoms with Crippen molar-refractivity contribution in [2.45, 2.75) is 25.6 Å². The van der Waals surface area contributed by atoms with E-state index in [1.807, 2.05) is 0 Å². The summed E-state index contributed by atoms with van der Waals surface area (Å²) < 4.78 is 4.17. The van der Waals surface area contributed by atoms with Crippen LogP contribution in [0.15, 0.2) is 0 Å². The summed E-state index contributed by atoms with van der Waals surface area (Å²) >= 11 is 0. The lowest BCUT2D eigenvalue weighted by molar-refractivity contribution is -0.153. The number of rotatable bonds is 4. The molecule has 12 heavy (non-hydrogen) atoms. The first-order valence-corrected chi connectivity index (χ1v) is 3.45. The van der Waals surface area contributed by atoms with Gasteiger partial charge in [-0.15, -0.1) is 0 Å². The first kappa shape index (κ1) is 11.1. The minimum Gasteiger partial charge on any atom is -0.467 e. The molecule has 0 aliphatic carbocycles. The predicted octanol–water partition coefficient (Wildman–Crippen LogP) is -1.14. The van der Waals surface area contributed by atoms with Crippen molar-refractivity contribution in [1.29, 1.82) is 0 Å². The Morgan fingerprint density at radius 2 is 1.92 bits per heavy atom. The van der Waals surface area contributed by atoms with E-state index in [1.165, 1.54) is 6.92 Å². The third-order valence-corrected chi connectivity index (χ3v) is 1.33. The summed E-state index contributed by atoms with van der Waals surface area (Å²) in [5.74, 6) is -1.46. The van der Waals surface area contributed by atoms with E-state index in [1.54, 1.807) is 0 Å². The molecule has 0 radical (unpaired) electrons. The van der Waals surface area contributed by atoms with E-state index >= 15 is 0 Å². The number of carbonyl (C=O) groups excluding carboxylic acids is 2. The van der Waals surface area contributed by atoms with Crippen molar-refractivity contribution in [2.75, 3.05) is 7.11 Å². The molecule has 0 aromatic heterocycles. The van der Waals surface area contributed by atoms with Gasteiger partial charge in [-0.1, -0.05) is 0 Å². The second-order valence-corrected chi connectivity index (χ2v) is 2.39. The van der Waals surface area contributed by atoms with Crippen LogP contribution in [0.25, 0.3) is 0 Å². The zero-order chi connectivity index (χ0) is 9.72. The van der Waals surface area contributed by atoms with E-state index in [0.29, 0.717) is 0 Å². The molecule has 0 bridgehead atoms. The molecule has 2 unspecified atom stereocenters. The fraction of sp³-hybridized carbons (Fsp3) is 0.714. The smallest absolute Gasteiger partial charge is 0.335 e. The molecule has 0 spiro atoms. The van der Waals surface area contributed by atoms with Crippen LogP contribution in [0.5, 0.6) is 0 Å². The normalized spacial score (nSPS) is 15.0.